The number of carboxylic acids is 1. The second kappa shape index (κ2) is 4.26. The lowest BCUT2D eigenvalue weighted by molar-refractivity contribution is -0.131. The van der Waals surface area contributed by atoms with Crippen molar-refractivity contribution in [2.75, 3.05) is 0 Å². The molecule has 2 heteroatoms. The van der Waals surface area contributed by atoms with Gasteiger partial charge in [-0.25, -0.2) is 4.79 Å². The van der Waals surface area contributed by atoms with E-state index in [1.807, 2.05) is 0 Å². The Bertz CT molecular complexity index is 230. The van der Waals surface area contributed by atoms with E-state index < -0.39 is 5.97 Å². The SMILES string of the molecule is CCC1(C/C=C/C(=O)O)CC=CC1. The van der Waals surface area contributed by atoms with E-state index >= 15 is 0 Å². The van der Waals surface area contributed by atoms with Gasteiger partial charge in [0.2, 0.25) is 0 Å². The van der Waals surface area contributed by atoms with Crippen LogP contribution in [0.15, 0.2) is 24.3 Å². The number of carbonyl (C=O) groups is 1. The van der Waals surface area contributed by atoms with Crippen molar-refractivity contribution in [3.63, 3.8) is 0 Å². The Balaban J connectivity index is 2.45. The molecular formula is C11H16O2. The number of hydrogen-bond acceptors (Lipinski definition) is 1. The van der Waals surface area contributed by atoms with Crippen LogP contribution in [0.5, 0.6) is 0 Å². The molecule has 13 heavy (non-hydrogen) atoms. The van der Waals surface area contributed by atoms with Crippen LogP contribution < -0.4 is 0 Å². The van der Waals surface area contributed by atoms with Crippen LogP contribution >= 0.6 is 0 Å². The number of allylic oxidation sites excluding steroid dienone is 3. The lowest BCUT2D eigenvalue weighted by Crippen LogP contribution is -2.14. The fourth-order valence-corrected chi connectivity index (χ4v) is 1.76. The highest BCUT2D eigenvalue weighted by Gasteiger charge is 2.27. The maximum Gasteiger partial charge on any atom is 0.327 e. The Morgan fingerprint density at radius 2 is 2.15 bits per heavy atom. The van der Waals surface area contributed by atoms with Gasteiger partial charge < -0.3 is 5.11 Å². The molecule has 0 saturated carbocycles. The van der Waals surface area contributed by atoms with Crippen molar-refractivity contribution in [2.24, 2.45) is 5.41 Å². The summed E-state index contributed by atoms with van der Waals surface area (Å²) in [5, 5.41) is 8.44. The van der Waals surface area contributed by atoms with E-state index in [2.05, 4.69) is 19.1 Å². The maximum atomic E-state index is 10.3. The zero-order valence-corrected chi connectivity index (χ0v) is 7.99. The molecule has 0 fully saturated rings. The van der Waals surface area contributed by atoms with Gasteiger partial charge in [0.05, 0.1) is 0 Å². The largest absolute Gasteiger partial charge is 0.478 e. The minimum absolute atomic E-state index is 0.311. The molecule has 0 bridgehead atoms. The first kappa shape index (κ1) is 10.0. The van der Waals surface area contributed by atoms with Gasteiger partial charge in [-0.3, -0.25) is 0 Å². The molecule has 0 spiro atoms. The Labute approximate surface area is 79.0 Å². The molecule has 0 aromatic heterocycles. The number of aliphatic carboxylic acids is 1. The van der Waals surface area contributed by atoms with Crippen molar-refractivity contribution in [1.82, 2.24) is 0 Å². The topological polar surface area (TPSA) is 37.3 Å². The predicted molar refractivity (Wildman–Crippen MR) is 52.5 cm³/mol. The molecular weight excluding hydrogens is 164 g/mol. The van der Waals surface area contributed by atoms with Crippen LogP contribution in [0.4, 0.5) is 0 Å². The highest BCUT2D eigenvalue weighted by atomic mass is 16.4. The van der Waals surface area contributed by atoms with E-state index in [1.54, 1.807) is 6.08 Å². The quantitative estimate of drug-likeness (QED) is 0.533. The van der Waals surface area contributed by atoms with E-state index in [4.69, 9.17) is 5.11 Å². The van der Waals surface area contributed by atoms with Crippen molar-refractivity contribution in [2.45, 2.75) is 32.6 Å². The van der Waals surface area contributed by atoms with Crippen molar-refractivity contribution in [1.29, 1.82) is 0 Å². The first-order chi connectivity index (χ1) is 6.18. The molecule has 0 heterocycles. The Kier molecular flexibility index (Phi) is 3.29. The summed E-state index contributed by atoms with van der Waals surface area (Å²) in [5.74, 6) is -0.850. The van der Waals surface area contributed by atoms with Crippen molar-refractivity contribution in [3.05, 3.63) is 24.3 Å². The lowest BCUT2D eigenvalue weighted by Gasteiger charge is -2.25. The standard InChI is InChI=1S/C11H16O2/c1-2-11(7-3-4-8-11)9-5-6-10(12)13/h3-6H,2,7-9H2,1H3,(H,12,13)/b6-5+. The molecule has 1 rings (SSSR count). The number of rotatable bonds is 4. The van der Waals surface area contributed by atoms with E-state index in [-0.39, 0.29) is 0 Å². The predicted octanol–water partition coefficient (Wildman–Crippen LogP) is 2.76. The average molecular weight is 180 g/mol. The van der Waals surface area contributed by atoms with Gasteiger partial charge in [-0.05, 0) is 31.1 Å². The van der Waals surface area contributed by atoms with Crippen LogP contribution in [0.1, 0.15) is 32.6 Å². The third-order valence-electron chi connectivity index (χ3n) is 2.83. The van der Waals surface area contributed by atoms with E-state index in [9.17, 15) is 4.79 Å². The van der Waals surface area contributed by atoms with Crippen molar-refractivity contribution in [3.8, 4) is 0 Å². The fraction of sp³-hybridized carbons (Fsp3) is 0.545. The van der Waals surface area contributed by atoms with Gasteiger partial charge in [0.1, 0.15) is 0 Å². The molecule has 2 nitrogen and oxygen atoms in total. The van der Waals surface area contributed by atoms with Crippen molar-refractivity contribution >= 4 is 5.97 Å². The maximum absolute atomic E-state index is 10.3. The van der Waals surface area contributed by atoms with Gasteiger partial charge in [-0.2, -0.15) is 0 Å². The second-order valence-corrected chi connectivity index (χ2v) is 3.68. The van der Waals surface area contributed by atoms with Crippen LogP contribution in [-0.2, 0) is 4.79 Å². The summed E-state index contributed by atoms with van der Waals surface area (Å²) in [6, 6.07) is 0. The Hall–Kier alpha value is -1.05. The Morgan fingerprint density at radius 1 is 1.54 bits per heavy atom. The summed E-state index contributed by atoms with van der Waals surface area (Å²) in [4.78, 5) is 10.3. The molecule has 0 atom stereocenters. The summed E-state index contributed by atoms with van der Waals surface area (Å²) in [5.41, 5.74) is 0.311. The first-order valence-corrected chi connectivity index (χ1v) is 4.73. The Morgan fingerprint density at radius 3 is 2.62 bits per heavy atom. The summed E-state index contributed by atoms with van der Waals surface area (Å²) in [6.45, 7) is 2.17. The second-order valence-electron chi connectivity index (χ2n) is 3.68. The molecule has 0 amide bonds. The third-order valence-corrected chi connectivity index (χ3v) is 2.83. The molecule has 0 saturated heterocycles. The minimum Gasteiger partial charge on any atom is -0.478 e. The van der Waals surface area contributed by atoms with Crippen molar-refractivity contribution < 1.29 is 9.90 Å². The average Bonchev–Trinajstić information content (AvgIpc) is 2.53. The summed E-state index contributed by atoms with van der Waals surface area (Å²) < 4.78 is 0. The smallest absolute Gasteiger partial charge is 0.327 e. The van der Waals surface area contributed by atoms with E-state index in [1.165, 1.54) is 6.08 Å². The highest BCUT2D eigenvalue weighted by molar-refractivity contribution is 5.79. The van der Waals surface area contributed by atoms with Gasteiger partial charge in [0.25, 0.3) is 0 Å². The molecule has 0 aromatic rings. The van der Waals surface area contributed by atoms with E-state index in [0.717, 1.165) is 25.7 Å². The minimum atomic E-state index is -0.850. The summed E-state index contributed by atoms with van der Waals surface area (Å²) in [7, 11) is 0. The van der Waals surface area contributed by atoms with Gasteiger partial charge in [-0.1, -0.05) is 25.2 Å². The highest BCUT2D eigenvalue weighted by Crippen LogP contribution is 2.39. The van der Waals surface area contributed by atoms with Crippen LogP contribution in [0.25, 0.3) is 0 Å². The monoisotopic (exact) mass is 180 g/mol. The summed E-state index contributed by atoms with van der Waals surface area (Å²) in [6.07, 6.45) is 11.6. The van der Waals surface area contributed by atoms with E-state index in [0.29, 0.717) is 5.41 Å². The van der Waals surface area contributed by atoms with Crippen LogP contribution in [0.3, 0.4) is 0 Å². The van der Waals surface area contributed by atoms with Gasteiger partial charge in [0, 0.05) is 6.08 Å². The molecule has 0 radical (unpaired) electrons. The van der Waals surface area contributed by atoms with Gasteiger partial charge in [0.15, 0.2) is 0 Å². The first-order valence-electron chi connectivity index (χ1n) is 4.73. The number of hydrogen-bond donors (Lipinski definition) is 1. The zero-order chi connectivity index (χ0) is 9.73. The fourth-order valence-electron chi connectivity index (χ4n) is 1.76. The molecule has 1 aliphatic rings. The van der Waals surface area contributed by atoms with Crippen LogP contribution in [0, 0.1) is 5.41 Å². The molecule has 0 aliphatic heterocycles. The normalized spacial score (nSPS) is 19.8. The molecule has 0 unspecified atom stereocenters. The summed E-state index contributed by atoms with van der Waals surface area (Å²) >= 11 is 0. The third kappa shape index (κ3) is 2.72. The molecule has 1 N–H and O–H groups in total. The van der Waals surface area contributed by atoms with Gasteiger partial charge >= 0.3 is 5.97 Å². The van der Waals surface area contributed by atoms with Gasteiger partial charge in [-0.15, -0.1) is 0 Å². The van der Waals surface area contributed by atoms with Crippen LogP contribution in [0.2, 0.25) is 0 Å². The molecule has 72 valence electrons. The lowest BCUT2D eigenvalue weighted by atomic mass is 9.79. The van der Waals surface area contributed by atoms with Crippen LogP contribution in [-0.4, -0.2) is 11.1 Å². The molecule has 0 aromatic carbocycles. The number of carboxylic acid groups (broad SMARTS) is 1. The molecule has 1 aliphatic carbocycles. The zero-order valence-electron chi connectivity index (χ0n) is 7.99.